The van der Waals surface area contributed by atoms with Gasteiger partial charge in [0.05, 0.1) is 18.2 Å². The molecular weight excluding hydrogens is 208 g/mol. The molecule has 86 valence electrons. The molecule has 0 amide bonds. The average Bonchev–Trinajstić information content (AvgIpc) is 2.75. The lowest BCUT2D eigenvalue weighted by Crippen LogP contribution is -2.27. The summed E-state index contributed by atoms with van der Waals surface area (Å²) in [6, 6.07) is 2.30. The van der Waals surface area contributed by atoms with Crippen molar-refractivity contribution >= 4 is 11.8 Å². The van der Waals surface area contributed by atoms with Crippen molar-refractivity contribution in [3.63, 3.8) is 0 Å². The van der Waals surface area contributed by atoms with E-state index >= 15 is 0 Å². The molecule has 2 unspecified atom stereocenters. The number of nitrogens with zero attached hydrogens (tertiary/aromatic N) is 1. The molecule has 0 saturated carbocycles. The maximum atomic E-state index is 8.82. The molecule has 0 aliphatic carbocycles. The van der Waals surface area contributed by atoms with Crippen LogP contribution in [-0.4, -0.2) is 36.8 Å². The summed E-state index contributed by atoms with van der Waals surface area (Å²) in [4.78, 5) is 0. The molecule has 0 aromatic carbocycles. The Morgan fingerprint density at radius 1 is 1.67 bits per heavy atom. The summed E-state index contributed by atoms with van der Waals surface area (Å²) in [5.41, 5.74) is 0. The third-order valence-electron chi connectivity index (χ3n) is 2.48. The number of hydrogen-bond acceptors (Lipinski definition) is 4. The summed E-state index contributed by atoms with van der Waals surface area (Å²) in [7, 11) is 0. The van der Waals surface area contributed by atoms with E-state index in [9.17, 15) is 0 Å². The Balaban J connectivity index is 1.97. The number of nitrogens with one attached hydrogen (secondary N) is 1. The number of hydrogen-bond donors (Lipinski definition) is 1. The Hall–Kier alpha value is -0.240. The molecule has 0 aromatic heterocycles. The number of ether oxygens (including phenoxy) is 1. The third-order valence-corrected chi connectivity index (χ3v) is 3.62. The van der Waals surface area contributed by atoms with Gasteiger partial charge in [0, 0.05) is 12.4 Å². The molecule has 1 N–H and O–H groups in total. The molecule has 0 bridgehead atoms. The molecule has 1 saturated heterocycles. The van der Waals surface area contributed by atoms with E-state index in [2.05, 4.69) is 11.4 Å². The maximum Gasteiger partial charge on any atom is 0.0960 e. The zero-order valence-corrected chi connectivity index (χ0v) is 10.2. The summed E-state index contributed by atoms with van der Waals surface area (Å²) in [5.74, 6) is 2.13. The molecule has 1 aliphatic heterocycles. The van der Waals surface area contributed by atoms with E-state index in [0.717, 1.165) is 31.1 Å². The highest BCUT2D eigenvalue weighted by atomic mass is 32.2. The van der Waals surface area contributed by atoms with Gasteiger partial charge in [-0.1, -0.05) is 6.92 Å². The topological polar surface area (TPSA) is 45.0 Å². The van der Waals surface area contributed by atoms with Crippen molar-refractivity contribution in [2.75, 3.05) is 24.7 Å². The average molecular weight is 228 g/mol. The first-order valence-corrected chi connectivity index (χ1v) is 6.84. The van der Waals surface area contributed by atoms with Crippen LogP contribution in [0.25, 0.3) is 0 Å². The molecule has 0 radical (unpaired) electrons. The minimum absolute atomic E-state index is 0.0204. The Bertz CT molecular complexity index is 199. The monoisotopic (exact) mass is 228 g/mol. The zero-order valence-electron chi connectivity index (χ0n) is 9.37. The third kappa shape index (κ3) is 5.41. The Morgan fingerprint density at radius 3 is 3.13 bits per heavy atom. The van der Waals surface area contributed by atoms with Crippen LogP contribution < -0.4 is 5.32 Å². The molecule has 1 heterocycles. The summed E-state index contributed by atoms with van der Waals surface area (Å²) in [6.07, 6.45) is 3.82. The minimum atomic E-state index is 0.0204. The van der Waals surface area contributed by atoms with Gasteiger partial charge in [-0.25, -0.2) is 0 Å². The maximum absolute atomic E-state index is 8.82. The van der Waals surface area contributed by atoms with Gasteiger partial charge in [0.15, 0.2) is 0 Å². The van der Waals surface area contributed by atoms with Crippen LogP contribution in [0.3, 0.4) is 0 Å². The van der Waals surface area contributed by atoms with Crippen LogP contribution in [0.15, 0.2) is 0 Å². The largest absolute Gasteiger partial charge is 0.377 e. The number of thioether (sulfide) groups is 1. The van der Waals surface area contributed by atoms with Crippen LogP contribution >= 0.6 is 11.8 Å². The summed E-state index contributed by atoms with van der Waals surface area (Å²) >= 11 is 1.90. The van der Waals surface area contributed by atoms with Crippen molar-refractivity contribution in [2.24, 2.45) is 0 Å². The second-order valence-corrected chi connectivity index (χ2v) is 4.89. The quantitative estimate of drug-likeness (QED) is 0.675. The van der Waals surface area contributed by atoms with Gasteiger partial charge in [-0.3, -0.25) is 0 Å². The summed E-state index contributed by atoms with van der Waals surface area (Å²) in [5, 5.41) is 12.0. The van der Waals surface area contributed by atoms with Crippen LogP contribution in [0.1, 0.15) is 26.2 Å². The summed E-state index contributed by atoms with van der Waals surface area (Å²) < 4.78 is 5.53. The van der Waals surface area contributed by atoms with Crippen molar-refractivity contribution < 1.29 is 4.74 Å². The van der Waals surface area contributed by atoms with Gasteiger partial charge in [-0.05, 0) is 31.6 Å². The SMILES string of the molecule is CCNC(C#N)CCSCC1CCCO1. The molecule has 0 spiro atoms. The van der Waals surface area contributed by atoms with Crippen molar-refractivity contribution in [3.05, 3.63) is 0 Å². The molecule has 2 atom stereocenters. The lowest BCUT2D eigenvalue weighted by atomic mass is 10.2. The molecule has 0 aromatic rings. The van der Waals surface area contributed by atoms with E-state index in [1.54, 1.807) is 0 Å². The Labute approximate surface area is 96.6 Å². The molecule has 3 nitrogen and oxygen atoms in total. The highest BCUT2D eigenvalue weighted by Crippen LogP contribution is 2.17. The first-order chi connectivity index (χ1) is 7.36. The Morgan fingerprint density at radius 2 is 2.53 bits per heavy atom. The van der Waals surface area contributed by atoms with Crippen LogP contribution in [-0.2, 0) is 4.74 Å². The second kappa shape index (κ2) is 7.98. The van der Waals surface area contributed by atoms with Crippen LogP contribution in [0, 0.1) is 11.3 Å². The molecule has 1 rings (SSSR count). The predicted octanol–water partition coefficient (Wildman–Crippen LogP) is 1.79. The van der Waals surface area contributed by atoms with E-state index in [1.807, 2.05) is 18.7 Å². The summed E-state index contributed by atoms with van der Waals surface area (Å²) in [6.45, 7) is 3.84. The molecular formula is C11H20N2OS. The lowest BCUT2D eigenvalue weighted by Gasteiger charge is -2.11. The van der Waals surface area contributed by atoms with Gasteiger partial charge < -0.3 is 10.1 Å². The fraction of sp³-hybridized carbons (Fsp3) is 0.909. The molecule has 1 fully saturated rings. The molecule has 15 heavy (non-hydrogen) atoms. The Kier molecular flexibility index (Phi) is 6.82. The van der Waals surface area contributed by atoms with Gasteiger partial charge in [0.2, 0.25) is 0 Å². The lowest BCUT2D eigenvalue weighted by molar-refractivity contribution is 0.129. The van der Waals surface area contributed by atoms with Gasteiger partial charge in [0.25, 0.3) is 0 Å². The van der Waals surface area contributed by atoms with Crippen molar-refractivity contribution in [1.29, 1.82) is 5.26 Å². The van der Waals surface area contributed by atoms with Crippen LogP contribution in [0.4, 0.5) is 0 Å². The molecule has 4 heteroatoms. The minimum Gasteiger partial charge on any atom is -0.377 e. The zero-order chi connectivity index (χ0) is 10.9. The smallest absolute Gasteiger partial charge is 0.0960 e. The number of nitriles is 1. The van der Waals surface area contributed by atoms with E-state index in [4.69, 9.17) is 10.00 Å². The van der Waals surface area contributed by atoms with E-state index in [-0.39, 0.29) is 6.04 Å². The van der Waals surface area contributed by atoms with Crippen LogP contribution in [0.2, 0.25) is 0 Å². The fourth-order valence-electron chi connectivity index (χ4n) is 1.65. The first kappa shape index (κ1) is 12.8. The van der Waals surface area contributed by atoms with Gasteiger partial charge in [0.1, 0.15) is 0 Å². The van der Waals surface area contributed by atoms with Gasteiger partial charge in [-0.15, -0.1) is 0 Å². The van der Waals surface area contributed by atoms with Gasteiger partial charge in [-0.2, -0.15) is 17.0 Å². The normalized spacial score (nSPS) is 22.5. The molecule has 1 aliphatic rings. The van der Waals surface area contributed by atoms with Crippen LogP contribution in [0.5, 0.6) is 0 Å². The first-order valence-electron chi connectivity index (χ1n) is 5.69. The number of rotatable bonds is 7. The van der Waals surface area contributed by atoms with E-state index < -0.39 is 0 Å². The van der Waals surface area contributed by atoms with E-state index in [1.165, 1.54) is 12.8 Å². The standard InChI is InChI=1S/C11H20N2OS/c1-2-13-10(8-12)5-7-15-9-11-4-3-6-14-11/h10-11,13H,2-7,9H2,1H3. The highest BCUT2D eigenvalue weighted by molar-refractivity contribution is 7.99. The van der Waals surface area contributed by atoms with Crippen molar-refractivity contribution in [2.45, 2.75) is 38.3 Å². The highest BCUT2D eigenvalue weighted by Gasteiger charge is 2.15. The predicted molar refractivity (Wildman–Crippen MR) is 64.0 cm³/mol. The second-order valence-electron chi connectivity index (χ2n) is 3.74. The van der Waals surface area contributed by atoms with Crippen molar-refractivity contribution in [1.82, 2.24) is 5.32 Å². The fourth-order valence-corrected chi connectivity index (χ4v) is 2.75. The van der Waals surface area contributed by atoms with Gasteiger partial charge >= 0.3 is 0 Å². The van der Waals surface area contributed by atoms with Crippen molar-refractivity contribution in [3.8, 4) is 6.07 Å². The van der Waals surface area contributed by atoms with E-state index in [0.29, 0.717) is 6.10 Å².